The first-order chi connectivity index (χ1) is 14.5. The van der Waals surface area contributed by atoms with Crippen LogP contribution in [-0.4, -0.2) is 25.5 Å². The molecule has 3 rings (SSSR count). The Hall–Kier alpha value is -2.84. The molecule has 3 aromatic rings. The second kappa shape index (κ2) is 8.72. The Morgan fingerprint density at radius 1 is 1.03 bits per heavy atom. The number of sulfonamides is 1. The van der Waals surface area contributed by atoms with Gasteiger partial charge in [0.15, 0.2) is 11.6 Å². The van der Waals surface area contributed by atoms with Crippen LogP contribution in [-0.2, 0) is 15.4 Å². The van der Waals surface area contributed by atoms with Gasteiger partial charge in [0.1, 0.15) is 17.8 Å². The Balaban J connectivity index is 1.95. The molecule has 2 aromatic carbocycles. The molecule has 0 saturated carbocycles. The summed E-state index contributed by atoms with van der Waals surface area (Å²) >= 11 is 6.23. The van der Waals surface area contributed by atoms with Crippen molar-refractivity contribution >= 4 is 27.4 Å². The molecule has 0 unspecified atom stereocenters. The molecule has 0 bridgehead atoms. The summed E-state index contributed by atoms with van der Waals surface area (Å²) in [5.74, 6) is 0.975. The van der Waals surface area contributed by atoms with Crippen molar-refractivity contribution < 1.29 is 17.9 Å². The Morgan fingerprint density at radius 2 is 1.71 bits per heavy atom. The number of nitrogens with one attached hydrogen (secondary N) is 1. The smallest absolute Gasteiger partial charge is 0.263 e. The number of nitrogens with zero attached hydrogens (tertiary/aromatic N) is 2. The first-order valence-corrected chi connectivity index (χ1v) is 11.3. The molecule has 0 saturated heterocycles. The van der Waals surface area contributed by atoms with Crippen LogP contribution in [0.4, 0.5) is 5.82 Å². The molecule has 1 aromatic heterocycles. The van der Waals surface area contributed by atoms with Crippen LogP contribution < -0.4 is 14.2 Å². The molecule has 31 heavy (non-hydrogen) atoms. The van der Waals surface area contributed by atoms with Crippen LogP contribution in [0.25, 0.3) is 0 Å². The van der Waals surface area contributed by atoms with Crippen molar-refractivity contribution in [1.29, 1.82) is 0 Å². The third-order valence-electron chi connectivity index (χ3n) is 4.59. The number of methoxy groups -OCH3 is 1. The van der Waals surface area contributed by atoms with Gasteiger partial charge in [-0.15, -0.1) is 0 Å². The average molecular weight is 462 g/mol. The summed E-state index contributed by atoms with van der Waals surface area (Å²) in [4.78, 5) is 8.29. The van der Waals surface area contributed by atoms with Crippen molar-refractivity contribution in [1.82, 2.24) is 9.97 Å². The highest BCUT2D eigenvalue weighted by molar-refractivity contribution is 7.92. The second-order valence-electron chi connectivity index (χ2n) is 7.92. The highest BCUT2D eigenvalue weighted by Crippen LogP contribution is 2.37. The third kappa shape index (κ3) is 5.26. The van der Waals surface area contributed by atoms with Gasteiger partial charge in [0.25, 0.3) is 10.0 Å². The van der Waals surface area contributed by atoms with Crippen molar-refractivity contribution in [2.75, 3.05) is 11.8 Å². The molecule has 1 N–H and O–H groups in total. The minimum absolute atomic E-state index is 0.00582. The van der Waals surface area contributed by atoms with Crippen LogP contribution >= 0.6 is 11.6 Å². The number of halogens is 1. The summed E-state index contributed by atoms with van der Waals surface area (Å²) in [5, 5.41) is 0.329. The molecule has 164 valence electrons. The van der Waals surface area contributed by atoms with Crippen molar-refractivity contribution in [2.24, 2.45) is 0 Å². The normalized spacial score (nSPS) is 11.8. The molecule has 0 aliphatic heterocycles. The fraction of sp³-hybridized carbons (Fsp3) is 0.273. The van der Waals surface area contributed by atoms with E-state index in [1.807, 2.05) is 0 Å². The van der Waals surface area contributed by atoms with Crippen LogP contribution in [0, 0.1) is 6.92 Å². The monoisotopic (exact) mass is 461 g/mol. The number of hydrogen-bond donors (Lipinski definition) is 1. The number of ether oxygens (including phenoxy) is 2. The van der Waals surface area contributed by atoms with E-state index in [2.05, 4.69) is 35.5 Å². The molecule has 0 aliphatic rings. The molecule has 1 heterocycles. The molecule has 0 atom stereocenters. The lowest BCUT2D eigenvalue weighted by Crippen LogP contribution is -2.16. The zero-order valence-corrected chi connectivity index (χ0v) is 19.5. The summed E-state index contributed by atoms with van der Waals surface area (Å²) in [5.41, 5.74) is 1.38. The van der Waals surface area contributed by atoms with Gasteiger partial charge >= 0.3 is 0 Å². The van der Waals surface area contributed by atoms with E-state index >= 15 is 0 Å². The Morgan fingerprint density at radius 3 is 2.32 bits per heavy atom. The van der Waals surface area contributed by atoms with Crippen LogP contribution in [0.2, 0.25) is 5.02 Å². The summed E-state index contributed by atoms with van der Waals surface area (Å²) in [6, 6.07) is 11.6. The van der Waals surface area contributed by atoms with Gasteiger partial charge in [0.2, 0.25) is 0 Å². The van der Waals surface area contributed by atoms with Crippen molar-refractivity contribution in [2.45, 2.75) is 38.0 Å². The average Bonchev–Trinajstić information content (AvgIpc) is 2.71. The molecule has 0 fully saturated rings. The van der Waals surface area contributed by atoms with Gasteiger partial charge in [-0.1, -0.05) is 44.5 Å². The molecule has 0 aliphatic carbocycles. The van der Waals surface area contributed by atoms with Gasteiger partial charge < -0.3 is 9.47 Å². The van der Waals surface area contributed by atoms with Crippen LogP contribution in [0.3, 0.4) is 0 Å². The van der Waals surface area contributed by atoms with Crippen molar-refractivity contribution in [3.8, 4) is 17.2 Å². The second-order valence-corrected chi connectivity index (χ2v) is 10.0. The lowest BCUT2D eigenvalue weighted by atomic mass is 9.87. The predicted molar refractivity (Wildman–Crippen MR) is 121 cm³/mol. The van der Waals surface area contributed by atoms with Gasteiger partial charge in [-0.2, -0.15) is 0 Å². The molecular weight excluding hydrogens is 438 g/mol. The first-order valence-electron chi connectivity index (χ1n) is 9.47. The molecule has 0 spiro atoms. The zero-order valence-electron chi connectivity index (χ0n) is 17.9. The van der Waals surface area contributed by atoms with E-state index in [1.54, 1.807) is 49.4 Å². The minimum atomic E-state index is -3.91. The topological polar surface area (TPSA) is 90.4 Å². The number of rotatable bonds is 6. The number of hydrogen-bond acceptors (Lipinski definition) is 6. The fourth-order valence-corrected chi connectivity index (χ4v) is 3.94. The van der Waals surface area contributed by atoms with Gasteiger partial charge in [-0.05, 0) is 42.2 Å². The standard InChI is InChI=1S/C22H24ClN3O4S/c1-14-20(30-19-12-16(29-5)8-11-18(19)23)21(25-13-24-14)26-31(27,28)17-9-6-15(7-10-17)22(2,3)4/h6-13H,1-5H3,(H,24,25,26). The van der Waals surface area contributed by atoms with Gasteiger partial charge in [-0.25, -0.2) is 18.4 Å². The van der Waals surface area contributed by atoms with Gasteiger partial charge in [-0.3, -0.25) is 4.72 Å². The van der Waals surface area contributed by atoms with E-state index in [0.29, 0.717) is 16.5 Å². The number of anilines is 1. The summed E-state index contributed by atoms with van der Waals surface area (Å²) in [6.45, 7) is 7.87. The maximum Gasteiger partial charge on any atom is 0.263 e. The van der Waals surface area contributed by atoms with Crippen LogP contribution in [0.15, 0.2) is 53.7 Å². The summed E-state index contributed by atoms with van der Waals surface area (Å²) in [7, 11) is -2.39. The fourth-order valence-electron chi connectivity index (χ4n) is 2.78. The lowest BCUT2D eigenvalue weighted by Gasteiger charge is -2.19. The van der Waals surface area contributed by atoms with Crippen LogP contribution in [0.1, 0.15) is 32.0 Å². The third-order valence-corrected chi connectivity index (χ3v) is 6.26. The van der Waals surface area contributed by atoms with Crippen LogP contribution in [0.5, 0.6) is 17.2 Å². The van der Waals surface area contributed by atoms with Gasteiger partial charge in [0, 0.05) is 6.07 Å². The zero-order chi connectivity index (χ0) is 22.8. The molecule has 9 heteroatoms. The Labute approximate surface area is 187 Å². The van der Waals surface area contributed by atoms with Crippen molar-refractivity contribution in [3.63, 3.8) is 0 Å². The molecule has 7 nitrogen and oxygen atoms in total. The minimum Gasteiger partial charge on any atom is -0.497 e. The highest BCUT2D eigenvalue weighted by atomic mass is 35.5. The largest absolute Gasteiger partial charge is 0.497 e. The number of aromatic nitrogens is 2. The molecule has 0 amide bonds. The summed E-state index contributed by atoms with van der Waals surface area (Å²) < 4.78 is 39.5. The quantitative estimate of drug-likeness (QED) is 0.533. The predicted octanol–water partition coefficient (Wildman–Crippen LogP) is 5.34. The van der Waals surface area contributed by atoms with E-state index in [-0.39, 0.29) is 27.6 Å². The molecular formula is C22H24ClN3O4S. The van der Waals surface area contributed by atoms with E-state index in [4.69, 9.17) is 21.1 Å². The number of benzene rings is 2. The first kappa shape index (κ1) is 22.8. The highest BCUT2D eigenvalue weighted by Gasteiger charge is 2.22. The maximum atomic E-state index is 13.0. The number of aryl methyl sites for hydroxylation is 1. The van der Waals surface area contributed by atoms with E-state index in [0.717, 1.165) is 5.56 Å². The maximum absolute atomic E-state index is 13.0. The SMILES string of the molecule is COc1ccc(Cl)c(Oc2c(C)ncnc2NS(=O)(=O)c2ccc(C(C)(C)C)cc2)c1. The van der Waals surface area contributed by atoms with E-state index in [1.165, 1.54) is 13.4 Å². The lowest BCUT2D eigenvalue weighted by molar-refractivity contribution is 0.408. The Bertz CT molecular complexity index is 1190. The molecule has 0 radical (unpaired) electrons. The van der Waals surface area contributed by atoms with Gasteiger partial charge in [0.05, 0.1) is 22.7 Å². The van der Waals surface area contributed by atoms with E-state index in [9.17, 15) is 8.42 Å². The van der Waals surface area contributed by atoms with Crippen molar-refractivity contribution in [3.05, 3.63) is 65.1 Å². The summed E-state index contributed by atoms with van der Waals surface area (Å²) in [6.07, 6.45) is 1.26. The Kier molecular flexibility index (Phi) is 6.43. The van der Waals surface area contributed by atoms with E-state index < -0.39 is 10.0 Å².